The summed E-state index contributed by atoms with van der Waals surface area (Å²) in [6.45, 7) is 5.21. The maximum Gasteiger partial charge on any atom is 0.305 e. The molecule has 0 radical (unpaired) electrons. The molecule has 2 heteroatoms. The molecule has 0 saturated carbocycles. The van der Waals surface area contributed by atoms with E-state index in [0.717, 1.165) is 12.8 Å². The topological polar surface area (TPSA) is 26.3 Å². The van der Waals surface area contributed by atoms with E-state index in [1.54, 1.807) is 0 Å². The molecule has 0 N–H and O–H groups in total. The summed E-state index contributed by atoms with van der Waals surface area (Å²) < 4.78 is 5.43. The highest BCUT2D eigenvalue weighted by molar-refractivity contribution is 5.69. The third-order valence-electron chi connectivity index (χ3n) is 9.50. The fourth-order valence-electron chi connectivity index (χ4n) is 6.43. The highest BCUT2D eigenvalue weighted by Crippen LogP contribution is 2.16. The fourth-order valence-corrected chi connectivity index (χ4v) is 6.43. The summed E-state index contributed by atoms with van der Waals surface area (Å²) in [6, 6.07) is 0. The van der Waals surface area contributed by atoms with Crippen molar-refractivity contribution in [1.82, 2.24) is 0 Å². The number of rotatable bonds is 38. The van der Waals surface area contributed by atoms with Crippen LogP contribution in [0.25, 0.3) is 0 Å². The Balaban J connectivity index is 3.12. The fraction of sp³-hybridized carbons (Fsp3) is 0.976. The van der Waals surface area contributed by atoms with Crippen molar-refractivity contribution in [2.24, 2.45) is 0 Å². The van der Waals surface area contributed by atoms with E-state index >= 15 is 0 Å². The van der Waals surface area contributed by atoms with Gasteiger partial charge in [-0.25, -0.2) is 0 Å². The lowest BCUT2D eigenvalue weighted by atomic mass is 10.0. The smallest absolute Gasteiger partial charge is 0.305 e. The minimum absolute atomic E-state index is 0.0280. The summed E-state index contributed by atoms with van der Waals surface area (Å²) >= 11 is 0. The summed E-state index contributed by atoms with van der Waals surface area (Å²) in [4.78, 5) is 11.9. The van der Waals surface area contributed by atoms with E-state index in [1.807, 2.05) is 0 Å². The van der Waals surface area contributed by atoms with Crippen molar-refractivity contribution in [2.45, 2.75) is 251 Å². The minimum Gasteiger partial charge on any atom is -0.466 e. The van der Waals surface area contributed by atoms with E-state index in [1.165, 1.54) is 218 Å². The van der Waals surface area contributed by atoms with Crippen LogP contribution >= 0.6 is 0 Å². The molecular formula is C41H82O2. The Labute approximate surface area is 273 Å². The van der Waals surface area contributed by atoms with Crippen molar-refractivity contribution in [3.05, 3.63) is 0 Å². The molecule has 0 bridgehead atoms. The van der Waals surface area contributed by atoms with Crippen LogP contribution in [-0.4, -0.2) is 12.6 Å². The van der Waals surface area contributed by atoms with Gasteiger partial charge in [0, 0.05) is 6.42 Å². The molecular weight excluding hydrogens is 524 g/mol. The van der Waals surface area contributed by atoms with Gasteiger partial charge in [-0.15, -0.1) is 0 Å². The molecule has 258 valence electrons. The Hall–Kier alpha value is -0.530. The lowest BCUT2D eigenvalue weighted by Gasteiger charge is -2.06. The van der Waals surface area contributed by atoms with Crippen molar-refractivity contribution in [2.75, 3.05) is 6.61 Å². The number of esters is 1. The number of unbranched alkanes of at least 4 members (excludes halogenated alkanes) is 34. The summed E-state index contributed by atoms with van der Waals surface area (Å²) in [5, 5.41) is 0. The molecule has 0 aliphatic heterocycles. The lowest BCUT2D eigenvalue weighted by molar-refractivity contribution is -0.143. The van der Waals surface area contributed by atoms with Crippen LogP contribution in [0.4, 0.5) is 0 Å². The molecule has 0 rings (SSSR count). The second-order valence-corrected chi connectivity index (χ2v) is 14.0. The number of carbonyl (C=O) groups is 1. The second-order valence-electron chi connectivity index (χ2n) is 14.0. The van der Waals surface area contributed by atoms with Gasteiger partial charge in [-0.2, -0.15) is 0 Å². The molecule has 0 amide bonds. The van der Waals surface area contributed by atoms with Gasteiger partial charge >= 0.3 is 5.97 Å². The summed E-state index contributed by atoms with van der Waals surface area (Å²) in [7, 11) is 0. The van der Waals surface area contributed by atoms with Crippen molar-refractivity contribution < 1.29 is 9.53 Å². The van der Waals surface area contributed by atoms with Gasteiger partial charge in [0.15, 0.2) is 0 Å². The van der Waals surface area contributed by atoms with E-state index in [-0.39, 0.29) is 5.97 Å². The predicted octanol–water partition coefficient (Wildman–Crippen LogP) is 15.0. The van der Waals surface area contributed by atoms with Gasteiger partial charge in [0.25, 0.3) is 0 Å². The Kier molecular flexibility index (Phi) is 39.0. The highest BCUT2D eigenvalue weighted by atomic mass is 16.5. The molecule has 0 aromatic rings. The van der Waals surface area contributed by atoms with E-state index in [2.05, 4.69) is 13.8 Å². The summed E-state index contributed by atoms with van der Waals surface area (Å²) in [5.41, 5.74) is 0. The maximum absolute atomic E-state index is 11.9. The maximum atomic E-state index is 11.9. The van der Waals surface area contributed by atoms with Crippen molar-refractivity contribution >= 4 is 5.97 Å². The summed E-state index contributed by atoms with van der Waals surface area (Å²) in [5.74, 6) is 0.0280. The van der Waals surface area contributed by atoms with E-state index < -0.39 is 0 Å². The number of carbonyl (C=O) groups excluding carboxylic acids is 1. The van der Waals surface area contributed by atoms with Gasteiger partial charge in [-0.1, -0.05) is 232 Å². The van der Waals surface area contributed by atoms with Gasteiger partial charge in [0.1, 0.15) is 0 Å². The van der Waals surface area contributed by atoms with Gasteiger partial charge in [-0.05, 0) is 12.8 Å². The van der Waals surface area contributed by atoms with E-state index in [9.17, 15) is 4.79 Å². The van der Waals surface area contributed by atoms with Gasteiger partial charge in [0.05, 0.1) is 6.61 Å². The standard InChI is InChI=1S/C41H82O2/c1-3-5-7-9-11-13-15-16-17-18-19-20-21-22-23-24-25-26-27-28-29-30-31-33-35-37-39-41(42)43-40-38-36-34-32-14-12-10-8-6-4-2/h3-40H2,1-2H3. The Bertz CT molecular complexity index is 502. The highest BCUT2D eigenvalue weighted by Gasteiger charge is 2.03. The van der Waals surface area contributed by atoms with Crippen molar-refractivity contribution in [3.8, 4) is 0 Å². The molecule has 2 nitrogen and oxygen atoms in total. The van der Waals surface area contributed by atoms with Crippen LogP contribution < -0.4 is 0 Å². The zero-order chi connectivity index (χ0) is 31.2. The monoisotopic (exact) mass is 607 g/mol. The molecule has 0 atom stereocenters. The summed E-state index contributed by atoms with van der Waals surface area (Å²) in [6.07, 6.45) is 50.6. The average Bonchev–Trinajstić information content (AvgIpc) is 3.01. The zero-order valence-corrected chi connectivity index (χ0v) is 30.2. The minimum atomic E-state index is 0.0280. The molecule has 0 fully saturated rings. The first kappa shape index (κ1) is 42.5. The van der Waals surface area contributed by atoms with Crippen LogP contribution in [0, 0.1) is 0 Å². The number of hydrogen-bond donors (Lipinski definition) is 0. The van der Waals surface area contributed by atoms with Crippen LogP contribution in [0.5, 0.6) is 0 Å². The number of hydrogen-bond acceptors (Lipinski definition) is 2. The molecule has 43 heavy (non-hydrogen) atoms. The molecule has 0 aromatic carbocycles. The zero-order valence-electron chi connectivity index (χ0n) is 30.2. The SMILES string of the molecule is CCCCCCCCCCCCCCCCCCCCCCCCCCCCC(=O)OCCCCCCCCCCCC. The molecule has 0 aromatic heterocycles. The van der Waals surface area contributed by atoms with Crippen LogP contribution in [-0.2, 0) is 9.53 Å². The van der Waals surface area contributed by atoms with Gasteiger partial charge in [-0.3, -0.25) is 4.79 Å². The van der Waals surface area contributed by atoms with Gasteiger partial charge < -0.3 is 4.74 Å². The first-order chi connectivity index (χ1) is 21.3. The Morgan fingerprint density at radius 1 is 0.302 bits per heavy atom. The normalized spacial score (nSPS) is 11.4. The molecule has 0 unspecified atom stereocenters. The third kappa shape index (κ3) is 39.4. The molecule has 0 aliphatic rings. The van der Waals surface area contributed by atoms with Crippen LogP contribution in [0.1, 0.15) is 251 Å². The quantitative estimate of drug-likeness (QED) is 0.0516. The lowest BCUT2D eigenvalue weighted by Crippen LogP contribution is -2.05. The van der Waals surface area contributed by atoms with Crippen LogP contribution in [0.2, 0.25) is 0 Å². The Morgan fingerprint density at radius 3 is 0.767 bits per heavy atom. The molecule has 0 spiro atoms. The van der Waals surface area contributed by atoms with E-state index in [4.69, 9.17) is 4.74 Å². The predicted molar refractivity (Wildman–Crippen MR) is 193 cm³/mol. The van der Waals surface area contributed by atoms with E-state index in [0.29, 0.717) is 13.0 Å². The average molecular weight is 607 g/mol. The second kappa shape index (κ2) is 39.5. The largest absolute Gasteiger partial charge is 0.466 e. The molecule has 0 aliphatic carbocycles. The van der Waals surface area contributed by atoms with Crippen LogP contribution in [0.15, 0.2) is 0 Å². The van der Waals surface area contributed by atoms with Crippen molar-refractivity contribution in [3.63, 3.8) is 0 Å². The molecule has 0 saturated heterocycles. The Morgan fingerprint density at radius 2 is 0.512 bits per heavy atom. The van der Waals surface area contributed by atoms with Crippen molar-refractivity contribution in [1.29, 1.82) is 0 Å². The number of ether oxygens (including phenoxy) is 1. The van der Waals surface area contributed by atoms with Gasteiger partial charge in [0.2, 0.25) is 0 Å². The molecule has 0 heterocycles. The first-order valence-electron chi connectivity index (χ1n) is 20.5. The first-order valence-corrected chi connectivity index (χ1v) is 20.5. The van der Waals surface area contributed by atoms with Crippen LogP contribution in [0.3, 0.4) is 0 Å². The third-order valence-corrected chi connectivity index (χ3v) is 9.50.